The molecule has 2 aromatic rings. The topological polar surface area (TPSA) is 24.9 Å². The molecule has 0 radical (unpaired) electrons. The summed E-state index contributed by atoms with van der Waals surface area (Å²) in [6.45, 7) is 2.93. The summed E-state index contributed by atoms with van der Waals surface area (Å²) in [5.74, 6) is 0. The molecule has 18 heavy (non-hydrogen) atoms. The minimum absolute atomic E-state index is 0.517. The number of nitrogens with one attached hydrogen (secondary N) is 1. The van der Waals surface area contributed by atoms with E-state index >= 15 is 0 Å². The van der Waals surface area contributed by atoms with Crippen molar-refractivity contribution in [2.45, 2.75) is 38.8 Å². The fourth-order valence-corrected chi connectivity index (χ4v) is 3.52. The normalized spacial score (nSPS) is 18.6. The second-order valence-electron chi connectivity index (χ2n) is 4.95. The molecule has 94 valence electrons. The first-order valence-electron chi connectivity index (χ1n) is 6.54. The Morgan fingerprint density at radius 3 is 3.17 bits per heavy atom. The van der Waals surface area contributed by atoms with E-state index in [1.807, 2.05) is 17.5 Å². The van der Waals surface area contributed by atoms with E-state index in [1.54, 1.807) is 4.88 Å². The van der Waals surface area contributed by atoms with Crippen molar-refractivity contribution >= 4 is 11.3 Å². The third-order valence-corrected chi connectivity index (χ3v) is 4.55. The predicted molar refractivity (Wildman–Crippen MR) is 75.8 cm³/mol. The zero-order valence-electron chi connectivity index (χ0n) is 10.6. The van der Waals surface area contributed by atoms with Crippen molar-refractivity contribution in [3.05, 3.63) is 51.5 Å². The summed E-state index contributed by atoms with van der Waals surface area (Å²) < 4.78 is 0. The monoisotopic (exact) mass is 258 g/mol. The summed E-state index contributed by atoms with van der Waals surface area (Å²) in [6, 6.07) is 7.03. The lowest BCUT2D eigenvalue weighted by atomic mass is 9.94. The molecule has 3 rings (SSSR count). The van der Waals surface area contributed by atoms with Crippen LogP contribution >= 0.6 is 11.3 Å². The van der Waals surface area contributed by atoms with Gasteiger partial charge in [-0.2, -0.15) is 0 Å². The average Bonchev–Trinajstić information content (AvgIpc) is 2.87. The Morgan fingerprint density at radius 1 is 1.39 bits per heavy atom. The van der Waals surface area contributed by atoms with Gasteiger partial charge in [-0.15, -0.1) is 11.3 Å². The number of pyridine rings is 1. The molecule has 3 heteroatoms. The molecular weight excluding hydrogens is 240 g/mol. The van der Waals surface area contributed by atoms with Crippen molar-refractivity contribution in [3.63, 3.8) is 0 Å². The molecule has 2 heterocycles. The highest BCUT2D eigenvalue weighted by Gasteiger charge is 2.20. The quantitative estimate of drug-likeness (QED) is 0.909. The van der Waals surface area contributed by atoms with Gasteiger partial charge >= 0.3 is 0 Å². The van der Waals surface area contributed by atoms with E-state index in [1.165, 1.54) is 30.4 Å². The van der Waals surface area contributed by atoms with E-state index in [0.717, 1.165) is 12.2 Å². The van der Waals surface area contributed by atoms with E-state index < -0.39 is 0 Å². The first-order valence-corrected chi connectivity index (χ1v) is 7.42. The second kappa shape index (κ2) is 5.21. The van der Waals surface area contributed by atoms with Crippen LogP contribution in [0.1, 0.15) is 40.6 Å². The minimum atomic E-state index is 0.517. The highest BCUT2D eigenvalue weighted by molar-refractivity contribution is 7.10. The number of fused-ring (bicyclic) bond motifs is 1. The van der Waals surface area contributed by atoms with Crippen LogP contribution in [-0.4, -0.2) is 4.98 Å². The van der Waals surface area contributed by atoms with Gasteiger partial charge in [0.15, 0.2) is 0 Å². The van der Waals surface area contributed by atoms with Crippen molar-refractivity contribution in [3.8, 4) is 0 Å². The largest absolute Gasteiger partial charge is 0.304 e. The Labute approximate surface area is 112 Å². The number of rotatable bonds is 3. The van der Waals surface area contributed by atoms with Crippen LogP contribution in [0, 0.1) is 6.92 Å². The lowest BCUT2D eigenvalue weighted by Gasteiger charge is -2.23. The van der Waals surface area contributed by atoms with Gasteiger partial charge in [0.25, 0.3) is 0 Å². The Hall–Kier alpha value is -1.19. The van der Waals surface area contributed by atoms with E-state index in [0.29, 0.717) is 6.04 Å². The molecule has 0 aromatic carbocycles. The van der Waals surface area contributed by atoms with Crippen LogP contribution in [0.3, 0.4) is 0 Å². The number of aryl methyl sites for hydroxylation is 2. The van der Waals surface area contributed by atoms with E-state index in [9.17, 15) is 0 Å². The fraction of sp³-hybridized carbons (Fsp3) is 0.400. The van der Waals surface area contributed by atoms with E-state index in [4.69, 9.17) is 0 Å². The summed E-state index contributed by atoms with van der Waals surface area (Å²) >= 11 is 1.90. The highest BCUT2D eigenvalue weighted by Crippen LogP contribution is 2.33. The summed E-state index contributed by atoms with van der Waals surface area (Å²) in [4.78, 5) is 6.01. The van der Waals surface area contributed by atoms with Gasteiger partial charge in [-0.05, 0) is 54.8 Å². The zero-order chi connectivity index (χ0) is 12.4. The molecule has 1 N–H and O–H groups in total. The number of thiophene rings is 1. The molecular formula is C15H18N2S. The van der Waals surface area contributed by atoms with Crippen molar-refractivity contribution in [2.75, 3.05) is 0 Å². The average molecular weight is 258 g/mol. The van der Waals surface area contributed by atoms with E-state index in [2.05, 4.69) is 40.8 Å². The smallest absolute Gasteiger partial charge is 0.0542 e. The van der Waals surface area contributed by atoms with Crippen LogP contribution in [0.25, 0.3) is 0 Å². The molecule has 0 saturated carbocycles. The van der Waals surface area contributed by atoms with Crippen molar-refractivity contribution in [1.29, 1.82) is 0 Å². The van der Waals surface area contributed by atoms with Gasteiger partial charge in [-0.25, -0.2) is 0 Å². The molecule has 1 aliphatic carbocycles. The maximum Gasteiger partial charge on any atom is 0.0542 e. The van der Waals surface area contributed by atoms with Gasteiger partial charge in [-0.3, -0.25) is 4.98 Å². The molecule has 1 aliphatic rings. The maximum atomic E-state index is 4.45. The lowest BCUT2D eigenvalue weighted by molar-refractivity contribution is 0.460. The Balaban J connectivity index is 1.66. The van der Waals surface area contributed by atoms with Crippen molar-refractivity contribution < 1.29 is 0 Å². The van der Waals surface area contributed by atoms with Gasteiger partial charge < -0.3 is 5.32 Å². The van der Waals surface area contributed by atoms with Crippen molar-refractivity contribution in [2.24, 2.45) is 0 Å². The number of hydrogen-bond donors (Lipinski definition) is 1. The summed E-state index contributed by atoms with van der Waals surface area (Å²) in [5, 5.41) is 5.86. The fourth-order valence-electron chi connectivity index (χ4n) is 2.53. The molecule has 1 unspecified atom stereocenters. The number of aromatic nitrogens is 1. The van der Waals surface area contributed by atoms with Gasteiger partial charge in [0.2, 0.25) is 0 Å². The van der Waals surface area contributed by atoms with Crippen LogP contribution in [0.15, 0.2) is 29.8 Å². The predicted octanol–water partition coefficient (Wildman–Crippen LogP) is 3.62. The molecule has 0 spiro atoms. The third-order valence-electron chi connectivity index (χ3n) is 3.55. The van der Waals surface area contributed by atoms with Gasteiger partial charge in [0.05, 0.1) is 5.69 Å². The molecule has 0 fully saturated rings. The van der Waals surface area contributed by atoms with Crippen LogP contribution in [0.2, 0.25) is 0 Å². The zero-order valence-corrected chi connectivity index (χ0v) is 11.5. The minimum Gasteiger partial charge on any atom is -0.304 e. The Kier molecular flexibility index (Phi) is 3.43. The number of hydrogen-bond acceptors (Lipinski definition) is 3. The molecule has 0 aliphatic heterocycles. The third kappa shape index (κ3) is 2.47. The Bertz CT molecular complexity index is 516. The van der Waals surface area contributed by atoms with Crippen LogP contribution in [-0.2, 0) is 13.0 Å². The maximum absolute atomic E-state index is 4.45. The molecule has 0 amide bonds. The van der Waals surface area contributed by atoms with Crippen LogP contribution < -0.4 is 5.32 Å². The SMILES string of the molecule is Cc1ccc(CNC2CCCc3sccc32)nc1. The lowest BCUT2D eigenvalue weighted by Crippen LogP contribution is -2.24. The second-order valence-corrected chi connectivity index (χ2v) is 5.95. The van der Waals surface area contributed by atoms with Crippen LogP contribution in [0.5, 0.6) is 0 Å². The standard InChI is InChI=1S/C15H18N2S/c1-11-5-6-12(16-9-11)10-17-14-3-2-4-15-13(14)7-8-18-15/h5-9,14,17H,2-4,10H2,1H3. The van der Waals surface area contributed by atoms with E-state index in [-0.39, 0.29) is 0 Å². The molecule has 2 nitrogen and oxygen atoms in total. The molecule has 1 atom stereocenters. The van der Waals surface area contributed by atoms with Gasteiger partial charge in [-0.1, -0.05) is 6.07 Å². The molecule has 0 saturated heterocycles. The first kappa shape index (κ1) is 11.9. The van der Waals surface area contributed by atoms with Gasteiger partial charge in [0.1, 0.15) is 0 Å². The summed E-state index contributed by atoms with van der Waals surface area (Å²) in [5.41, 5.74) is 3.86. The molecule has 0 bridgehead atoms. The highest BCUT2D eigenvalue weighted by atomic mass is 32.1. The Morgan fingerprint density at radius 2 is 2.33 bits per heavy atom. The molecule has 2 aromatic heterocycles. The first-order chi connectivity index (χ1) is 8.83. The van der Waals surface area contributed by atoms with Gasteiger partial charge in [0, 0.05) is 23.7 Å². The number of nitrogens with zero attached hydrogens (tertiary/aromatic N) is 1. The summed E-state index contributed by atoms with van der Waals surface area (Å²) in [7, 11) is 0. The summed E-state index contributed by atoms with van der Waals surface area (Å²) in [6.07, 6.45) is 5.74. The van der Waals surface area contributed by atoms with Crippen molar-refractivity contribution in [1.82, 2.24) is 10.3 Å². The van der Waals surface area contributed by atoms with Crippen LogP contribution in [0.4, 0.5) is 0 Å².